The number of nitrogens with two attached hydrogens (primary N) is 1. The van der Waals surface area contributed by atoms with Gasteiger partial charge in [0, 0.05) is 17.8 Å². The van der Waals surface area contributed by atoms with Crippen LogP contribution in [0, 0.1) is 0 Å². The molecule has 3 N–H and O–H groups in total. The summed E-state index contributed by atoms with van der Waals surface area (Å²) in [7, 11) is 0. The Kier molecular flexibility index (Phi) is 9.19. The number of halogens is 1. The molecule has 1 aliphatic rings. The summed E-state index contributed by atoms with van der Waals surface area (Å²) < 4.78 is 5.49. The van der Waals surface area contributed by atoms with Gasteiger partial charge >= 0.3 is 0 Å². The smallest absolute Gasteiger partial charge is 0.218 e. The molecule has 6 heteroatoms. The van der Waals surface area contributed by atoms with Crippen molar-refractivity contribution < 1.29 is 4.74 Å². The highest BCUT2D eigenvalue weighted by Gasteiger charge is 2.12. The van der Waals surface area contributed by atoms with Crippen molar-refractivity contribution in [3.63, 3.8) is 0 Å². The van der Waals surface area contributed by atoms with Crippen molar-refractivity contribution in [1.82, 2.24) is 10.3 Å². The van der Waals surface area contributed by atoms with E-state index in [1.54, 1.807) is 6.20 Å². The summed E-state index contributed by atoms with van der Waals surface area (Å²) >= 11 is 0. The number of guanidine groups is 1. The molecule has 1 aliphatic carbocycles. The maximum Gasteiger partial charge on any atom is 0.218 e. The molecule has 0 atom stereocenters. The van der Waals surface area contributed by atoms with Gasteiger partial charge in [0.1, 0.15) is 0 Å². The van der Waals surface area contributed by atoms with Crippen LogP contribution < -0.4 is 15.8 Å². The molecule has 0 radical (unpaired) electrons. The van der Waals surface area contributed by atoms with Gasteiger partial charge in [-0.15, -0.1) is 24.0 Å². The molecule has 0 aliphatic heterocycles. The average molecular weight is 418 g/mol. The molecule has 0 bridgehead atoms. The zero-order valence-corrected chi connectivity index (χ0v) is 15.6. The van der Waals surface area contributed by atoms with E-state index in [0.717, 1.165) is 5.56 Å². The minimum absolute atomic E-state index is 0. The molecule has 0 amide bonds. The predicted octanol–water partition coefficient (Wildman–Crippen LogP) is 3.23. The first-order chi connectivity index (χ1) is 10.3. The minimum Gasteiger partial charge on any atom is -0.478 e. The van der Waals surface area contributed by atoms with Crippen LogP contribution in [0.3, 0.4) is 0 Å². The highest BCUT2D eigenvalue weighted by molar-refractivity contribution is 14.0. The average Bonchev–Trinajstić information content (AvgIpc) is 2.75. The van der Waals surface area contributed by atoms with Crippen molar-refractivity contribution >= 4 is 29.9 Å². The summed E-state index contributed by atoms with van der Waals surface area (Å²) in [6.45, 7) is 3.04. The van der Waals surface area contributed by atoms with E-state index in [9.17, 15) is 0 Å². The van der Waals surface area contributed by atoms with Crippen LogP contribution in [0.4, 0.5) is 0 Å². The Bertz CT molecular complexity index is 459. The minimum atomic E-state index is 0. The fraction of sp³-hybridized carbons (Fsp3) is 0.625. The summed E-state index contributed by atoms with van der Waals surface area (Å²) in [5, 5.41) is 3.35. The lowest BCUT2D eigenvalue weighted by Crippen LogP contribution is -2.39. The number of aliphatic imine (C=N–C) groups is 1. The van der Waals surface area contributed by atoms with E-state index >= 15 is 0 Å². The first-order valence-corrected chi connectivity index (χ1v) is 7.92. The van der Waals surface area contributed by atoms with Gasteiger partial charge in [0.2, 0.25) is 5.88 Å². The molecule has 1 aromatic rings. The van der Waals surface area contributed by atoms with E-state index in [1.807, 2.05) is 19.1 Å². The zero-order chi connectivity index (χ0) is 14.9. The van der Waals surface area contributed by atoms with Gasteiger partial charge in [0.15, 0.2) is 5.96 Å². The number of hydrogen-bond acceptors (Lipinski definition) is 3. The third kappa shape index (κ3) is 6.37. The van der Waals surface area contributed by atoms with Crippen LogP contribution in [0.1, 0.15) is 51.0 Å². The lowest BCUT2D eigenvalue weighted by molar-refractivity contribution is 0.323. The van der Waals surface area contributed by atoms with Gasteiger partial charge in [-0.3, -0.25) is 0 Å². The maximum atomic E-state index is 6.01. The molecule has 1 heterocycles. The summed E-state index contributed by atoms with van der Waals surface area (Å²) in [5.74, 6) is 1.17. The number of nitrogens with one attached hydrogen (secondary N) is 1. The molecule has 0 saturated heterocycles. The predicted molar refractivity (Wildman–Crippen MR) is 101 cm³/mol. The van der Waals surface area contributed by atoms with E-state index in [0.29, 0.717) is 31.0 Å². The SMILES string of the molecule is CCOc1ncccc1CN=C(N)NC1CCCCCC1.I. The Balaban J connectivity index is 0.00000242. The van der Waals surface area contributed by atoms with Crippen molar-refractivity contribution in [2.75, 3.05) is 6.61 Å². The van der Waals surface area contributed by atoms with Crippen LogP contribution in [-0.2, 0) is 6.54 Å². The maximum absolute atomic E-state index is 6.01. The third-order valence-corrected chi connectivity index (χ3v) is 3.76. The van der Waals surface area contributed by atoms with Crippen molar-refractivity contribution in [1.29, 1.82) is 0 Å². The van der Waals surface area contributed by atoms with E-state index in [-0.39, 0.29) is 24.0 Å². The Morgan fingerprint density at radius 1 is 1.36 bits per heavy atom. The van der Waals surface area contributed by atoms with Gasteiger partial charge in [-0.2, -0.15) is 0 Å². The molecule has 22 heavy (non-hydrogen) atoms. The van der Waals surface area contributed by atoms with Crippen LogP contribution in [0.2, 0.25) is 0 Å². The molecule has 1 aromatic heterocycles. The molecule has 0 spiro atoms. The zero-order valence-electron chi connectivity index (χ0n) is 13.3. The number of hydrogen-bond donors (Lipinski definition) is 2. The standard InChI is InChI=1S/C16H26N4O.HI/c1-2-21-15-13(8-7-11-18-15)12-19-16(17)20-14-9-5-3-4-6-10-14;/h7-8,11,14H,2-6,9-10,12H2,1H3,(H3,17,19,20);1H. The molecular formula is C16H27IN4O. The Hall–Kier alpha value is -1.05. The number of pyridine rings is 1. The van der Waals surface area contributed by atoms with E-state index in [2.05, 4.69) is 15.3 Å². The van der Waals surface area contributed by atoms with Crippen LogP contribution >= 0.6 is 24.0 Å². The normalized spacial score (nSPS) is 16.5. The summed E-state index contributed by atoms with van der Waals surface area (Å²) in [6.07, 6.45) is 9.33. The van der Waals surface area contributed by atoms with Gasteiger partial charge in [-0.25, -0.2) is 9.98 Å². The Morgan fingerprint density at radius 3 is 2.77 bits per heavy atom. The summed E-state index contributed by atoms with van der Waals surface area (Å²) in [4.78, 5) is 8.65. The first-order valence-electron chi connectivity index (χ1n) is 7.92. The van der Waals surface area contributed by atoms with Gasteiger partial charge in [0.25, 0.3) is 0 Å². The monoisotopic (exact) mass is 418 g/mol. The van der Waals surface area contributed by atoms with Crippen molar-refractivity contribution in [3.8, 4) is 5.88 Å². The van der Waals surface area contributed by atoms with Gasteiger partial charge < -0.3 is 15.8 Å². The summed E-state index contributed by atoms with van der Waals surface area (Å²) in [5.41, 5.74) is 6.97. The molecule has 0 unspecified atom stereocenters. The molecule has 1 saturated carbocycles. The second-order valence-corrected chi connectivity index (χ2v) is 5.43. The fourth-order valence-electron chi connectivity index (χ4n) is 2.66. The Morgan fingerprint density at radius 2 is 2.09 bits per heavy atom. The van der Waals surface area contributed by atoms with Gasteiger partial charge in [0.05, 0.1) is 13.2 Å². The van der Waals surface area contributed by atoms with Crippen molar-refractivity contribution in [3.05, 3.63) is 23.9 Å². The lowest BCUT2D eigenvalue weighted by Gasteiger charge is -2.16. The molecule has 5 nitrogen and oxygen atoms in total. The topological polar surface area (TPSA) is 72.5 Å². The number of nitrogens with zero attached hydrogens (tertiary/aromatic N) is 2. The molecular weight excluding hydrogens is 391 g/mol. The second-order valence-electron chi connectivity index (χ2n) is 5.43. The molecule has 2 rings (SSSR count). The van der Waals surface area contributed by atoms with Crippen LogP contribution in [0.15, 0.2) is 23.3 Å². The molecule has 1 fully saturated rings. The quantitative estimate of drug-likeness (QED) is 0.333. The van der Waals surface area contributed by atoms with Gasteiger partial charge in [-0.05, 0) is 25.8 Å². The fourth-order valence-corrected chi connectivity index (χ4v) is 2.66. The highest BCUT2D eigenvalue weighted by atomic mass is 127. The van der Waals surface area contributed by atoms with Gasteiger partial charge in [-0.1, -0.05) is 31.7 Å². The molecule has 0 aromatic carbocycles. The van der Waals surface area contributed by atoms with Crippen molar-refractivity contribution in [2.24, 2.45) is 10.7 Å². The van der Waals surface area contributed by atoms with Crippen molar-refractivity contribution in [2.45, 2.75) is 58.0 Å². The van der Waals surface area contributed by atoms with E-state index in [4.69, 9.17) is 10.5 Å². The van der Waals surface area contributed by atoms with Crippen LogP contribution in [0.25, 0.3) is 0 Å². The first kappa shape index (κ1) is 19.0. The number of aromatic nitrogens is 1. The summed E-state index contributed by atoms with van der Waals surface area (Å²) in [6, 6.07) is 4.33. The Labute approximate surface area is 150 Å². The number of rotatable bonds is 5. The third-order valence-electron chi connectivity index (χ3n) is 3.76. The second kappa shape index (κ2) is 10.6. The highest BCUT2D eigenvalue weighted by Crippen LogP contribution is 2.17. The van der Waals surface area contributed by atoms with Crippen LogP contribution in [0.5, 0.6) is 5.88 Å². The van der Waals surface area contributed by atoms with Crippen LogP contribution in [-0.4, -0.2) is 23.6 Å². The lowest BCUT2D eigenvalue weighted by atomic mass is 10.1. The molecule has 124 valence electrons. The van der Waals surface area contributed by atoms with E-state index in [1.165, 1.54) is 38.5 Å². The largest absolute Gasteiger partial charge is 0.478 e. The number of ether oxygens (including phenoxy) is 1. The van der Waals surface area contributed by atoms with E-state index < -0.39 is 0 Å².